The molecule has 2 N–H and O–H groups in total. The van der Waals surface area contributed by atoms with Crippen LogP contribution < -0.4 is 5.32 Å². The number of aliphatic carboxylic acids is 1. The number of halogens is 1. The van der Waals surface area contributed by atoms with Gasteiger partial charge in [-0.05, 0) is 66.9 Å². The summed E-state index contributed by atoms with van der Waals surface area (Å²) in [5.41, 5.74) is 5.63. The van der Waals surface area contributed by atoms with Crippen LogP contribution in [0.5, 0.6) is 0 Å². The summed E-state index contributed by atoms with van der Waals surface area (Å²) in [5.74, 6) is -0.943. The first kappa shape index (κ1) is 19.9. The summed E-state index contributed by atoms with van der Waals surface area (Å²) in [6.07, 6.45) is 0.492. The highest BCUT2D eigenvalue weighted by atomic mass is 79.9. The number of carboxylic acid groups (broad SMARTS) is 1. The van der Waals surface area contributed by atoms with Gasteiger partial charge in [-0.15, -0.1) is 0 Å². The van der Waals surface area contributed by atoms with Gasteiger partial charge < -0.3 is 15.0 Å². The van der Waals surface area contributed by atoms with Crippen molar-refractivity contribution in [2.45, 2.75) is 26.7 Å². The Morgan fingerprint density at radius 1 is 1.07 bits per heavy atom. The smallest absolute Gasteiger partial charge is 0.303 e. The Morgan fingerprint density at radius 2 is 1.79 bits per heavy atom. The number of carboxylic acids is 1. The Kier molecular flexibility index (Phi) is 5.99. The van der Waals surface area contributed by atoms with E-state index in [9.17, 15) is 9.59 Å². The van der Waals surface area contributed by atoms with E-state index in [2.05, 4.69) is 25.8 Å². The summed E-state index contributed by atoms with van der Waals surface area (Å²) in [6.45, 7) is 3.46. The molecule has 1 heterocycles. The van der Waals surface area contributed by atoms with Crippen LogP contribution in [0.25, 0.3) is 16.9 Å². The standard InChI is InChI=1S/C22H21BrN2O3/c1-14-13-18(24-15(2)26)7-10-20(14)25-19(9-12-22(27)28)8-11-21(25)16-3-5-17(23)6-4-16/h3-8,10-11,13H,9,12H2,1-2H3,(H,24,26)(H,27,28). The van der Waals surface area contributed by atoms with Crippen molar-refractivity contribution in [3.05, 3.63) is 70.3 Å². The monoisotopic (exact) mass is 440 g/mol. The highest BCUT2D eigenvalue weighted by Crippen LogP contribution is 2.31. The summed E-state index contributed by atoms with van der Waals surface area (Å²) < 4.78 is 3.09. The van der Waals surface area contributed by atoms with Crippen molar-refractivity contribution in [3.63, 3.8) is 0 Å². The van der Waals surface area contributed by atoms with Gasteiger partial charge in [0.25, 0.3) is 0 Å². The van der Waals surface area contributed by atoms with Gasteiger partial charge in [0, 0.05) is 28.5 Å². The number of rotatable bonds is 6. The molecular formula is C22H21BrN2O3. The fraction of sp³-hybridized carbons (Fsp3) is 0.182. The fourth-order valence-electron chi connectivity index (χ4n) is 3.23. The third-order valence-electron chi connectivity index (χ3n) is 4.45. The summed E-state index contributed by atoms with van der Waals surface area (Å²) in [4.78, 5) is 22.4. The first-order valence-electron chi connectivity index (χ1n) is 8.92. The molecule has 28 heavy (non-hydrogen) atoms. The van der Waals surface area contributed by atoms with Crippen molar-refractivity contribution < 1.29 is 14.7 Å². The lowest BCUT2D eigenvalue weighted by atomic mass is 10.1. The average Bonchev–Trinajstić information content (AvgIpc) is 3.04. The zero-order chi connectivity index (χ0) is 20.3. The van der Waals surface area contributed by atoms with Crippen LogP contribution in [0.3, 0.4) is 0 Å². The van der Waals surface area contributed by atoms with Gasteiger partial charge in [0.05, 0.1) is 12.1 Å². The SMILES string of the molecule is CC(=O)Nc1ccc(-n2c(CCC(=O)O)ccc2-c2ccc(Br)cc2)c(C)c1. The number of anilines is 1. The van der Waals surface area contributed by atoms with Gasteiger partial charge in [-0.3, -0.25) is 9.59 Å². The highest BCUT2D eigenvalue weighted by Gasteiger charge is 2.15. The first-order valence-corrected chi connectivity index (χ1v) is 9.71. The van der Waals surface area contributed by atoms with Crippen molar-refractivity contribution in [1.82, 2.24) is 4.57 Å². The van der Waals surface area contributed by atoms with Crippen LogP contribution >= 0.6 is 15.9 Å². The molecule has 2 aromatic carbocycles. The number of carbonyl (C=O) groups is 2. The molecule has 0 saturated heterocycles. The zero-order valence-electron chi connectivity index (χ0n) is 15.7. The van der Waals surface area contributed by atoms with E-state index < -0.39 is 5.97 Å². The molecule has 0 saturated carbocycles. The maximum Gasteiger partial charge on any atom is 0.303 e. The molecule has 0 spiro atoms. The Hall–Kier alpha value is -2.86. The molecule has 0 aliphatic heterocycles. The van der Waals surface area contributed by atoms with E-state index in [-0.39, 0.29) is 12.3 Å². The summed E-state index contributed by atoms with van der Waals surface area (Å²) >= 11 is 3.46. The van der Waals surface area contributed by atoms with Crippen LogP contribution in [-0.2, 0) is 16.0 Å². The van der Waals surface area contributed by atoms with Gasteiger partial charge in [0.2, 0.25) is 5.91 Å². The lowest BCUT2D eigenvalue weighted by Gasteiger charge is -2.17. The van der Waals surface area contributed by atoms with E-state index in [1.165, 1.54) is 6.92 Å². The molecule has 1 aromatic heterocycles. The molecule has 1 amide bonds. The Balaban J connectivity index is 2.11. The molecule has 0 aliphatic rings. The quantitative estimate of drug-likeness (QED) is 0.553. The fourth-order valence-corrected chi connectivity index (χ4v) is 3.49. The molecule has 0 bridgehead atoms. The van der Waals surface area contributed by atoms with Crippen LogP contribution in [0.4, 0.5) is 5.69 Å². The predicted octanol–water partition coefficient (Wildman–Crippen LogP) is 5.19. The van der Waals surface area contributed by atoms with E-state index in [4.69, 9.17) is 5.11 Å². The molecular weight excluding hydrogens is 420 g/mol. The van der Waals surface area contributed by atoms with Gasteiger partial charge in [-0.25, -0.2) is 0 Å². The molecule has 0 radical (unpaired) electrons. The molecule has 0 atom stereocenters. The maximum absolute atomic E-state index is 11.3. The Bertz CT molecular complexity index is 1020. The molecule has 5 nitrogen and oxygen atoms in total. The van der Waals surface area contributed by atoms with Crippen LogP contribution in [0.15, 0.2) is 59.1 Å². The second-order valence-corrected chi connectivity index (χ2v) is 7.54. The van der Waals surface area contributed by atoms with E-state index in [1.54, 1.807) is 0 Å². The third-order valence-corrected chi connectivity index (χ3v) is 4.98. The average molecular weight is 441 g/mol. The van der Waals surface area contributed by atoms with Crippen molar-refractivity contribution in [2.75, 3.05) is 5.32 Å². The lowest BCUT2D eigenvalue weighted by molar-refractivity contribution is -0.137. The van der Waals surface area contributed by atoms with E-state index >= 15 is 0 Å². The topological polar surface area (TPSA) is 71.3 Å². The molecule has 3 rings (SSSR count). The first-order chi connectivity index (χ1) is 13.3. The maximum atomic E-state index is 11.3. The minimum absolute atomic E-state index is 0.0623. The molecule has 144 valence electrons. The van der Waals surface area contributed by atoms with Crippen molar-refractivity contribution in [3.8, 4) is 16.9 Å². The number of aromatic nitrogens is 1. The lowest BCUT2D eigenvalue weighted by Crippen LogP contribution is -2.09. The molecule has 0 unspecified atom stereocenters. The number of hydrogen-bond donors (Lipinski definition) is 2. The normalized spacial score (nSPS) is 10.7. The number of hydrogen-bond acceptors (Lipinski definition) is 2. The van der Waals surface area contributed by atoms with Crippen LogP contribution in [-0.4, -0.2) is 21.6 Å². The van der Waals surface area contributed by atoms with Crippen molar-refractivity contribution >= 4 is 33.5 Å². The van der Waals surface area contributed by atoms with Crippen molar-refractivity contribution in [1.29, 1.82) is 0 Å². The van der Waals surface area contributed by atoms with Gasteiger partial charge >= 0.3 is 5.97 Å². The second-order valence-electron chi connectivity index (χ2n) is 6.63. The van der Waals surface area contributed by atoms with Crippen LogP contribution in [0.2, 0.25) is 0 Å². The minimum atomic E-state index is -0.823. The molecule has 3 aromatic rings. The van der Waals surface area contributed by atoms with Crippen LogP contribution in [0.1, 0.15) is 24.6 Å². The minimum Gasteiger partial charge on any atom is -0.481 e. The third kappa shape index (κ3) is 4.51. The summed E-state index contributed by atoms with van der Waals surface area (Å²) in [6, 6.07) is 17.7. The van der Waals surface area contributed by atoms with Gasteiger partial charge in [0.1, 0.15) is 0 Å². The summed E-state index contributed by atoms with van der Waals surface area (Å²) in [5, 5.41) is 11.9. The largest absolute Gasteiger partial charge is 0.481 e. The number of amides is 1. The van der Waals surface area contributed by atoms with E-state index in [1.807, 2.05) is 61.5 Å². The van der Waals surface area contributed by atoms with Gasteiger partial charge in [0.15, 0.2) is 0 Å². The van der Waals surface area contributed by atoms with E-state index in [0.717, 1.165) is 38.4 Å². The molecule has 6 heteroatoms. The summed E-state index contributed by atoms with van der Waals surface area (Å²) in [7, 11) is 0. The number of nitrogens with zero attached hydrogens (tertiary/aromatic N) is 1. The number of benzene rings is 2. The number of aryl methyl sites for hydroxylation is 2. The Morgan fingerprint density at radius 3 is 2.39 bits per heavy atom. The van der Waals surface area contributed by atoms with Gasteiger partial charge in [-0.2, -0.15) is 0 Å². The number of nitrogens with one attached hydrogen (secondary N) is 1. The molecule has 0 fully saturated rings. The zero-order valence-corrected chi connectivity index (χ0v) is 17.3. The predicted molar refractivity (Wildman–Crippen MR) is 114 cm³/mol. The van der Waals surface area contributed by atoms with E-state index in [0.29, 0.717) is 6.42 Å². The van der Waals surface area contributed by atoms with Gasteiger partial charge in [-0.1, -0.05) is 28.1 Å². The Labute approximate surface area is 172 Å². The second kappa shape index (κ2) is 8.44. The number of carbonyl (C=O) groups excluding carboxylic acids is 1. The van der Waals surface area contributed by atoms with Crippen LogP contribution in [0, 0.1) is 6.92 Å². The highest BCUT2D eigenvalue weighted by molar-refractivity contribution is 9.10. The molecule has 0 aliphatic carbocycles. The van der Waals surface area contributed by atoms with Crippen molar-refractivity contribution in [2.24, 2.45) is 0 Å².